The van der Waals surface area contributed by atoms with E-state index in [0.717, 1.165) is 0 Å². The molecule has 1 aromatic rings. The summed E-state index contributed by atoms with van der Waals surface area (Å²) in [6.07, 6.45) is 19.5. The van der Waals surface area contributed by atoms with Crippen LogP contribution in [0.15, 0.2) is 12.4 Å². The molecule has 1 aromatic heterocycles. The molecule has 2 heteroatoms. The largest absolute Gasteiger partial charge is 0.256 e. The molecule has 0 atom stereocenters. The van der Waals surface area contributed by atoms with Gasteiger partial charge < -0.3 is 0 Å². The number of aromatic nitrogens is 2. The lowest BCUT2D eigenvalue weighted by Crippen LogP contribution is -2.37. The molecule has 0 unspecified atom stereocenters. The summed E-state index contributed by atoms with van der Waals surface area (Å²) >= 11 is 0. The molecule has 0 bridgehead atoms. The van der Waals surface area contributed by atoms with Gasteiger partial charge in [0.1, 0.15) is 12.4 Å². The Balaban J connectivity index is 2.42. The molecule has 1 heterocycles. The topological polar surface area (TPSA) is 8.81 Å². The van der Waals surface area contributed by atoms with Crippen molar-refractivity contribution in [1.29, 1.82) is 0 Å². The van der Waals surface area contributed by atoms with Gasteiger partial charge in [0.15, 0.2) is 0 Å². The fraction of sp³-hybridized carbons (Fsp3) is 0.850. The van der Waals surface area contributed by atoms with Gasteiger partial charge in [0.25, 0.3) is 5.82 Å². The summed E-state index contributed by atoms with van der Waals surface area (Å²) in [5.41, 5.74) is 0. The predicted molar refractivity (Wildman–Crippen MR) is 96.2 cm³/mol. The van der Waals surface area contributed by atoms with Gasteiger partial charge >= 0.3 is 0 Å². The smallest absolute Gasteiger partial charge is 0.234 e. The predicted octanol–water partition coefficient (Wildman–Crippen LogP) is 5.84. The van der Waals surface area contributed by atoms with Gasteiger partial charge in [0.2, 0.25) is 0 Å². The zero-order valence-corrected chi connectivity index (χ0v) is 15.6. The van der Waals surface area contributed by atoms with Crippen molar-refractivity contribution in [2.24, 2.45) is 0 Å². The third-order valence-corrected chi connectivity index (χ3v) is 4.60. The van der Waals surface area contributed by atoms with Crippen molar-refractivity contribution >= 4 is 0 Å². The highest BCUT2D eigenvalue weighted by atomic mass is 15.2. The second kappa shape index (κ2) is 11.7. The number of nitrogens with zero attached hydrogens (tertiary/aromatic N) is 2. The molecule has 0 amide bonds. The van der Waals surface area contributed by atoms with Crippen LogP contribution in [0.2, 0.25) is 0 Å². The Labute approximate surface area is 138 Å². The average Bonchev–Trinajstić information content (AvgIpc) is 2.90. The van der Waals surface area contributed by atoms with Crippen LogP contribution >= 0.6 is 0 Å². The zero-order chi connectivity index (χ0) is 16.2. The summed E-state index contributed by atoms with van der Waals surface area (Å²) in [6.45, 7) is 10.4. The zero-order valence-electron chi connectivity index (χ0n) is 15.6. The van der Waals surface area contributed by atoms with Crippen molar-refractivity contribution in [2.75, 3.05) is 0 Å². The van der Waals surface area contributed by atoms with Crippen molar-refractivity contribution in [2.45, 2.75) is 111 Å². The Bertz CT molecular complexity index is 379. The van der Waals surface area contributed by atoms with Crippen LogP contribution in [0.1, 0.15) is 104 Å². The van der Waals surface area contributed by atoms with E-state index in [1.165, 1.54) is 77.2 Å². The minimum atomic E-state index is 0.576. The first-order chi connectivity index (χ1) is 10.7. The molecule has 1 rings (SSSR count). The Hall–Kier alpha value is -0.790. The van der Waals surface area contributed by atoms with Crippen LogP contribution in [0.3, 0.4) is 0 Å². The van der Waals surface area contributed by atoms with Gasteiger partial charge in [-0.15, -0.1) is 0 Å². The quantitative estimate of drug-likeness (QED) is 0.320. The third-order valence-electron chi connectivity index (χ3n) is 4.60. The Morgan fingerprint density at radius 2 is 1.45 bits per heavy atom. The molecule has 128 valence electrons. The molecular weight excluding hydrogens is 268 g/mol. The van der Waals surface area contributed by atoms with Crippen LogP contribution in [0.4, 0.5) is 0 Å². The minimum absolute atomic E-state index is 0.576. The number of aryl methyl sites for hydroxylation is 1. The minimum Gasteiger partial charge on any atom is -0.234 e. The molecule has 0 saturated heterocycles. The fourth-order valence-corrected chi connectivity index (χ4v) is 3.19. The van der Waals surface area contributed by atoms with Crippen molar-refractivity contribution in [1.82, 2.24) is 4.57 Å². The number of rotatable bonds is 13. The molecule has 22 heavy (non-hydrogen) atoms. The lowest BCUT2D eigenvalue weighted by atomic mass is 10.1. The second-order valence-electron chi connectivity index (χ2n) is 6.99. The molecule has 0 aliphatic heterocycles. The van der Waals surface area contributed by atoms with Crippen LogP contribution < -0.4 is 4.57 Å². The average molecular weight is 308 g/mol. The maximum Gasteiger partial charge on any atom is 0.256 e. The molecule has 0 radical (unpaired) electrons. The molecule has 0 spiro atoms. The van der Waals surface area contributed by atoms with Crippen LogP contribution in [0, 0.1) is 0 Å². The highest BCUT2D eigenvalue weighted by Gasteiger charge is 2.18. The molecular formula is C20H39N2+. The van der Waals surface area contributed by atoms with Gasteiger partial charge in [-0.05, 0) is 33.1 Å². The molecule has 0 N–H and O–H groups in total. The Morgan fingerprint density at radius 1 is 0.864 bits per heavy atom. The SMILES string of the molecule is CCCCCCCCCc1n(C(C)C)cc[n+]1CCCCC. The first-order valence-corrected chi connectivity index (χ1v) is 9.79. The van der Waals surface area contributed by atoms with E-state index in [9.17, 15) is 0 Å². The Morgan fingerprint density at radius 3 is 2.09 bits per heavy atom. The van der Waals surface area contributed by atoms with Crippen molar-refractivity contribution in [3.05, 3.63) is 18.2 Å². The van der Waals surface area contributed by atoms with E-state index in [1.54, 1.807) is 5.82 Å². The monoisotopic (exact) mass is 307 g/mol. The summed E-state index contributed by atoms with van der Waals surface area (Å²) in [4.78, 5) is 0. The number of hydrogen-bond donors (Lipinski definition) is 0. The van der Waals surface area contributed by atoms with Crippen LogP contribution in [0.25, 0.3) is 0 Å². The van der Waals surface area contributed by atoms with E-state index in [4.69, 9.17) is 0 Å². The van der Waals surface area contributed by atoms with Gasteiger partial charge in [-0.25, -0.2) is 9.13 Å². The molecule has 0 aromatic carbocycles. The molecule has 2 nitrogen and oxygen atoms in total. The second-order valence-corrected chi connectivity index (χ2v) is 6.99. The van der Waals surface area contributed by atoms with E-state index in [2.05, 4.69) is 49.2 Å². The lowest BCUT2D eigenvalue weighted by Gasteiger charge is -2.08. The van der Waals surface area contributed by atoms with Crippen LogP contribution in [0.5, 0.6) is 0 Å². The summed E-state index contributed by atoms with van der Waals surface area (Å²) in [5.74, 6) is 1.54. The van der Waals surface area contributed by atoms with E-state index in [0.29, 0.717) is 6.04 Å². The first kappa shape index (κ1) is 19.3. The van der Waals surface area contributed by atoms with E-state index in [1.807, 2.05) is 0 Å². The highest BCUT2D eigenvalue weighted by Crippen LogP contribution is 2.13. The summed E-state index contributed by atoms with van der Waals surface area (Å²) in [5, 5.41) is 0. The van der Waals surface area contributed by atoms with Gasteiger partial charge in [-0.1, -0.05) is 58.8 Å². The summed E-state index contributed by atoms with van der Waals surface area (Å²) in [7, 11) is 0. The molecule has 0 saturated carbocycles. The van der Waals surface area contributed by atoms with E-state index in [-0.39, 0.29) is 0 Å². The maximum atomic E-state index is 2.51. The van der Waals surface area contributed by atoms with Crippen LogP contribution in [-0.4, -0.2) is 4.57 Å². The first-order valence-electron chi connectivity index (χ1n) is 9.79. The van der Waals surface area contributed by atoms with Gasteiger partial charge in [-0.3, -0.25) is 0 Å². The van der Waals surface area contributed by atoms with Crippen molar-refractivity contribution in [3.8, 4) is 0 Å². The normalized spacial score (nSPS) is 11.5. The highest BCUT2D eigenvalue weighted by molar-refractivity contribution is 4.86. The van der Waals surface area contributed by atoms with Crippen molar-refractivity contribution < 1.29 is 4.57 Å². The molecule has 0 aliphatic rings. The van der Waals surface area contributed by atoms with Gasteiger partial charge in [0.05, 0.1) is 12.6 Å². The standard InChI is InChI=1S/C20H39N2/c1-5-7-9-10-11-12-13-15-20-21(16-14-8-6-2)17-18-22(20)19(3)4/h17-19H,5-16H2,1-4H3/q+1. The molecule has 0 aliphatic carbocycles. The Kier molecular flexibility index (Phi) is 10.3. The summed E-state index contributed by atoms with van der Waals surface area (Å²) in [6, 6.07) is 0.576. The lowest BCUT2D eigenvalue weighted by molar-refractivity contribution is -0.704. The van der Waals surface area contributed by atoms with Gasteiger partial charge in [0, 0.05) is 6.42 Å². The molecule has 0 fully saturated rings. The third kappa shape index (κ3) is 6.98. The number of imidazole rings is 1. The number of hydrogen-bond acceptors (Lipinski definition) is 0. The number of unbranched alkanes of at least 4 members (excludes halogenated alkanes) is 8. The maximum absolute atomic E-state index is 2.51. The van der Waals surface area contributed by atoms with E-state index < -0.39 is 0 Å². The van der Waals surface area contributed by atoms with E-state index >= 15 is 0 Å². The summed E-state index contributed by atoms with van der Waals surface area (Å²) < 4.78 is 4.98. The van der Waals surface area contributed by atoms with Crippen LogP contribution in [-0.2, 0) is 13.0 Å². The van der Waals surface area contributed by atoms with Crippen molar-refractivity contribution in [3.63, 3.8) is 0 Å². The van der Waals surface area contributed by atoms with Gasteiger partial charge in [-0.2, -0.15) is 0 Å². The fourth-order valence-electron chi connectivity index (χ4n) is 3.19.